The second kappa shape index (κ2) is 7.92. The third-order valence-corrected chi connectivity index (χ3v) is 7.29. The molecule has 2 rings (SSSR count). The number of esters is 2. The molecule has 1 heterocycles. The third kappa shape index (κ3) is 4.36. The molecule has 0 aliphatic rings. The highest BCUT2D eigenvalue weighted by Gasteiger charge is 2.32. The SMILES string of the molecule is COC(=O)c1sc(S(=O)(=O)Nc2ccc(C(C)(C)C)cc2)c(C(=O)OC)c1C. The summed E-state index contributed by atoms with van der Waals surface area (Å²) in [5, 5.41) is 0. The smallest absolute Gasteiger partial charge is 0.348 e. The number of rotatable bonds is 5. The predicted molar refractivity (Wildman–Crippen MR) is 108 cm³/mol. The minimum absolute atomic E-state index is 0.0337. The number of sulfonamides is 1. The minimum atomic E-state index is -4.13. The van der Waals surface area contributed by atoms with Crippen LogP contribution in [0.3, 0.4) is 0 Å². The van der Waals surface area contributed by atoms with E-state index in [1.807, 2.05) is 12.1 Å². The maximum Gasteiger partial charge on any atom is 0.348 e. The van der Waals surface area contributed by atoms with E-state index in [-0.39, 0.29) is 25.6 Å². The Balaban J connectivity index is 2.50. The highest BCUT2D eigenvalue weighted by Crippen LogP contribution is 2.34. The number of thiophene rings is 1. The predicted octanol–water partition coefficient (Wildman–Crippen LogP) is 3.73. The fraction of sp³-hybridized carbons (Fsp3) is 0.368. The van der Waals surface area contributed by atoms with Gasteiger partial charge in [-0.15, -0.1) is 11.3 Å². The average Bonchev–Trinajstić information content (AvgIpc) is 2.98. The van der Waals surface area contributed by atoms with E-state index >= 15 is 0 Å². The van der Waals surface area contributed by atoms with Crippen molar-refractivity contribution in [3.05, 3.63) is 45.8 Å². The van der Waals surface area contributed by atoms with Gasteiger partial charge in [-0.2, -0.15) is 0 Å². The van der Waals surface area contributed by atoms with E-state index in [0.717, 1.165) is 12.7 Å². The van der Waals surface area contributed by atoms with E-state index in [9.17, 15) is 18.0 Å². The monoisotopic (exact) mass is 425 g/mol. The molecule has 0 fully saturated rings. The molecule has 152 valence electrons. The molecule has 1 aromatic heterocycles. The second-order valence-corrected chi connectivity index (χ2v) is 10.0. The summed E-state index contributed by atoms with van der Waals surface area (Å²) in [5.74, 6) is -1.56. The lowest BCUT2D eigenvalue weighted by Crippen LogP contribution is -2.16. The summed E-state index contributed by atoms with van der Waals surface area (Å²) in [6.45, 7) is 7.64. The Bertz CT molecular complexity index is 998. The molecule has 0 saturated heterocycles. The van der Waals surface area contributed by atoms with Crippen LogP contribution in [0.25, 0.3) is 0 Å². The van der Waals surface area contributed by atoms with E-state index < -0.39 is 22.0 Å². The lowest BCUT2D eigenvalue weighted by atomic mass is 9.87. The van der Waals surface area contributed by atoms with Crippen LogP contribution in [0, 0.1) is 6.92 Å². The Morgan fingerprint density at radius 1 is 1.00 bits per heavy atom. The van der Waals surface area contributed by atoms with Crippen molar-refractivity contribution >= 4 is 39.0 Å². The molecule has 7 nitrogen and oxygen atoms in total. The molecule has 0 spiro atoms. The van der Waals surface area contributed by atoms with Gasteiger partial charge in [0, 0.05) is 5.69 Å². The Kier molecular flexibility index (Phi) is 6.20. The lowest BCUT2D eigenvalue weighted by molar-refractivity contribution is 0.0596. The molecular weight excluding hydrogens is 402 g/mol. The van der Waals surface area contributed by atoms with Crippen LogP contribution in [0.1, 0.15) is 51.9 Å². The second-order valence-electron chi connectivity index (χ2n) is 7.13. The quantitative estimate of drug-likeness (QED) is 0.733. The summed E-state index contributed by atoms with van der Waals surface area (Å²) in [6, 6.07) is 6.96. The van der Waals surface area contributed by atoms with Crippen LogP contribution >= 0.6 is 11.3 Å². The van der Waals surface area contributed by atoms with Gasteiger partial charge in [-0.1, -0.05) is 32.9 Å². The molecule has 2 aromatic rings. The van der Waals surface area contributed by atoms with Crippen LogP contribution in [-0.4, -0.2) is 34.6 Å². The molecule has 0 atom stereocenters. The van der Waals surface area contributed by atoms with Crippen LogP contribution in [0.5, 0.6) is 0 Å². The maximum absolute atomic E-state index is 12.9. The Morgan fingerprint density at radius 2 is 1.54 bits per heavy atom. The number of nitrogens with one attached hydrogen (secondary N) is 1. The summed E-state index contributed by atoms with van der Waals surface area (Å²) in [7, 11) is -1.80. The van der Waals surface area contributed by atoms with E-state index in [1.54, 1.807) is 12.1 Å². The van der Waals surface area contributed by atoms with Crippen molar-refractivity contribution < 1.29 is 27.5 Å². The zero-order chi connectivity index (χ0) is 21.3. The molecule has 0 radical (unpaired) electrons. The lowest BCUT2D eigenvalue weighted by Gasteiger charge is -2.19. The van der Waals surface area contributed by atoms with Gasteiger partial charge in [-0.25, -0.2) is 18.0 Å². The van der Waals surface area contributed by atoms with Crippen molar-refractivity contribution in [3.63, 3.8) is 0 Å². The largest absolute Gasteiger partial charge is 0.465 e. The summed E-state index contributed by atoms with van der Waals surface area (Å²) in [6.07, 6.45) is 0. The van der Waals surface area contributed by atoms with Crippen molar-refractivity contribution in [3.8, 4) is 0 Å². The summed E-state index contributed by atoms with van der Waals surface area (Å²) in [4.78, 5) is 24.2. The highest BCUT2D eigenvalue weighted by molar-refractivity contribution is 7.94. The molecule has 0 unspecified atom stereocenters. The number of benzene rings is 1. The first-order chi connectivity index (χ1) is 12.9. The highest BCUT2D eigenvalue weighted by atomic mass is 32.2. The van der Waals surface area contributed by atoms with Gasteiger partial charge in [0.05, 0.1) is 19.8 Å². The van der Waals surface area contributed by atoms with Gasteiger partial charge in [0.15, 0.2) is 4.21 Å². The zero-order valence-electron chi connectivity index (χ0n) is 16.6. The number of carbonyl (C=O) groups excluding carboxylic acids is 2. The average molecular weight is 426 g/mol. The van der Waals surface area contributed by atoms with Crippen LogP contribution in [0.4, 0.5) is 5.69 Å². The normalized spacial score (nSPS) is 11.8. The van der Waals surface area contributed by atoms with Gasteiger partial charge in [0.2, 0.25) is 0 Å². The van der Waals surface area contributed by atoms with Gasteiger partial charge in [0.25, 0.3) is 10.0 Å². The molecule has 0 saturated carbocycles. The summed E-state index contributed by atoms with van der Waals surface area (Å²) >= 11 is 0.670. The number of methoxy groups -OCH3 is 2. The Morgan fingerprint density at radius 3 is 2.00 bits per heavy atom. The van der Waals surface area contributed by atoms with E-state index in [0.29, 0.717) is 17.0 Å². The Labute approximate surface area is 168 Å². The van der Waals surface area contributed by atoms with Gasteiger partial charge in [-0.05, 0) is 35.6 Å². The summed E-state index contributed by atoms with van der Waals surface area (Å²) in [5.41, 5.74) is 1.34. The van der Waals surface area contributed by atoms with Crippen LogP contribution in [-0.2, 0) is 24.9 Å². The molecule has 28 heavy (non-hydrogen) atoms. The number of hydrogen-bond acceptors (Lipinski definition) is 7. The number of anilines is 1. The van der Waals surface area contributed by atoms with E-state index in [4.69, 9.17) is 4.74 Å². The third-order valence-electron chi connectivity index (χ3n) is 4.12. The van der Waals surface area contributed by atoms with Crippen molar-refractivity contribution in [1.82, 2.24) is 0 Å². The number of ether oxygens (including phenoxy) is 2. The zero-order valence-corrected chi connectivity index (χ0v) is 18.2. The van der Waals surface area contributed by atoms with Gasteiger partial charge in [0.1, 0.15) is 4.88 Å². The van der Waals surface area contributed by atoms with Crippen molar-refractivity contribution in [1.29, 1.82) is 0 Å². The van der Waals surface area contributed by atoms with Crippen molar-refractivity contribution in [2.45, 2.75) is 37.3 Å². The Hall–Kier alpha value is -2.39. The number of hydrogen-bond donors (Lipinski definition) is 1. The van der Waals surface area contributed by atoms with Gasteiger partial charge in [-0.3, -0.25) is 4.72 Å². The van der Waals surface area contributed by atoms with Crippen LogP contribution in [0.2, 0.25) is 0 Å². The molecule has 0 bridgehead atoms. The molecule has 0 aliphatic heterocycles. The van der Waals surface area contributed by atoms with Crippen molar-refractivity contribution in [2.24, 2.45) is 0 Å². The first-order valence-corrected chi connectivity index (χ1v) is 10.7. The summed E-state index contributed by atoms with van der Waals surface area (Å²) < 4.78 is 37.4. The van der Waals surface area contributed by atoms with E-state index in [1.165, 1.54) is 14.0 Å². The molecule has 1 aromatic carbocycles. The first-order valence-electron chi connectivity index (χ1n) is 8.35. The maximum atomic E-state index is 12.9. The molecule has 0 amide bonds. The minimum Gasteiger partial charge on any atom is -0.465 e. The van der Waals surface area contributed by atoms with Crippen LogP contribution < -0.4 is 4.72 Å². The number of carbonyl (C=O) groups is 2. The fourth-order valence-electron chi connectivity index (χ4n) is 2.54. The van der Waals surface area contributed by atoms with Gasteiger partial charge < -0.3 is 9.47 Å². The molecule has 0 aliphatic carbocycles. The first kappa shape index (κ1) is 21.9. The van der Waals surface area contributed by atoms with E-state index in [2.05, 4.69) is 30.2 Å². The fourth-order valence-corrected chi connectivity index (χ4v) is 5.35. The van der Waals surface area contributed by atoms with Crippen LogP contribution in [0.15, 0.2) is 28.5 Å². The topological polar surface area (TPSA) is 98.8 Å². The van der Waals surface area contributed by atoms with Gasteiger partial charge >= 0.3 is 11.9 Å². The molecule has 1 N–H and O–H groups in total. The molecular formula is C19H23NO6S2. The molecule has 9 heteroatoms. The van der Waals surface area contributed by atoms with Crippen molar-refractivity contribution in [2.75, 3.05) is 18.9 Å². The standard InChI is InChI=1S/C19H23NO6S2/c1-11-14(16(21)25-5)18(27-15(11)17(22)26-6)28(23,24)20-13-9-7-12(8-10-13)19(2,3)4/h7-10,20H,1-6H3.